The molecule has 8 nitrogen and oxygen atoms in total. The average Bonchev–Trinajstić information content (AvgIpc) is 3.28. The molecule has 1 fully saturated rings. The van der Waals surface area contributed by atoms with E-state index in [1.807, 2.05) is 28.8 Å². The van der Waals surface area contributed by atoms with Crippen LogP contribution in [0.1, 0.15) is 34.8 Å². The lowest BCUT2D eigenvalue weighted by Crippen LogP contribution is -2.41. The number of nitrogens with one attached hydrogen (secondary N) is 1. The number of benzene rings is 2. The number of aryl methyl sites for hydroxylation is 1. The normalized spacial score (nSPS) is 17.8. The first-order valence-corrected chi connectivity index (χ1v) is 10.0. The van der Waals surface area contributed by atoms with Crippen LogP contribution in [0.15, 0.2) is 54.7 Å². The van der Waals surface area contributed by atoms with Crippen LogP contribution in [-0.2, 0) is 16.9 Å². The summed E-state index contributed by atoms with van der Waals surface area (Å²) < 4.78 is 1.83. The number of Topliss-reactive ketones (excluding diaryl/α,β-unsaturated/α-hetero) is 1. The number of ketones is 1. The molecule has 4 rings (SSSR count). The molecule has 0 spiro atoms. The first kappa shape index (κ1) is 20.8. The summed E-state index contributed by atoms with van der Waals surface area (Å²) in [5.74, 6) is -0.904. The topological polar surface area (TPSA) is 119 Å². The number of rotatable bonds is 6. The molecule has 3 amide bonds. The van der Waals surface area contributed by atoms with Gasteiger partial charge in [-0.3, -0.25) is 14.5 Å². The van der Waals surface area contributed by atoms with E-state index in [-0.39, 0.29) is 5.78 Å². The van der Waals surface area contributed by atoms with Gasteiger partial charge in [0, 0.05) is 29.2 Å². The third-order valence-electron chi connectivity index (χ3n) is 5.72. The predicted octanol–water partition coefficient (Wildman–Crippen LogP) is 3.08. The number of imide groups is 1. The molecule has 1 aromatic heterocycles. The summed E-state index contributed by atoms with van der Waals surface area (Å²) in [5.41, 5.74) is 0.843. The minimum Gasteiger partial charge on any atom is -0.346 e. The summed E-state index contributed by atoms with van der Waals surface area (Å²) in [6.45, 7) is 1.61. The number of urea groups is 1. The van der Waals surface area contributed by atoms with Crippen molar-refractivity contribution in [3.8, 4) is 12.1 Å². The Morgan fingerprint density at radius 2 is 1.81 bits per heavy atom. The highest BCUT2D eigenvalue weighted by Crippen LogP contribution is 2.30. The second-order valence-electron chi connectivity index (χ2n) is 7.72. The van der Waals surface area contributed by atoms with Crippen molar-refractivity contribution in [2.75, 3.05) is 6.54 Å². The van der Waals surface area contributed by atoms with Crippen LogP contribution in [0.3, 0.4) is 0 Å². The van der Waals surface area contributed by atoms with Crippen LogP contribution in [0.4, 0.5) is 4.79 Å². The number of fused-ring (bicyclic) bond motifs is 1. The number of carbonyl (C=O) groups excluding carboxylic acids is 3. The highest BCUT2D eigenvalue weighted by molar-refractivity contribution is 6.14. The average molecular weight is 425 g/mol. The van der Waals surface area contributed by atoms with E-state index in [1.165, 1.54) is 0 Å². The monoisotopic (exact) mass is 425 g/mol. The number of carbonyl (C=O) groups is 3. The molecule has 158 valence electrons. The van der Waals surface area contributed by atoms with Crippen molar-refractivity contribution in [1.29, 1.82) is 10.5 Å². The SMILES string of the molecule is CC1(c2ccc(C#N)cc2)NC(=O)N(CC(=O)c2cn(CCC#N)c3ccccc23)C1=O. The van der Waals surface area contributed by atoms with E-state index in [1.54, 1.807) is 43.5 Å². The number of aromatic nitrogens is 1. The van der Waals surface area contributed by atoms with Gasteiger partial charge in [0.15, 0.2) is 5.78 Å². The van der Waals surface area contributed by atoms with Crippen LogP contribution in [0, 0.1) is 22.7 Å². The highest BCUT2D eigenvalue weighted by Gasteiger charge is 2.49. The third kappa shape index (κ3) is 3.38. The van der Waals surface area contributed by atoms with Gasteiger partial charge >= 0.3 is 6.03 Å². The fraction of sp³-hybridized carbons (Fsp3) is 0.208. The molecule has 3 aromatic rings. The zero-order valence-electron chi connectivity index (χ0n) is 17.3. The largest absolute Gasteiger partial charge is 0.346 e. The number of hydrogen-bond donors (Lipinski definition) is 1. The molecule has 8 heteroatoms. The van der Waals surface area contributed by atoms with Crippen LogP contribution in [-0.4, -0.2) is 33.7 Å². The zero-order chi connectivity index (χ0) is 22.9. The molecule has 1 atom stereocenters. The van der Waals surface area contributed by atoms with E-state index in [2.05, 4.69) is 11.4 Å². The van der Waals surface area contributed by atoms with E-state index >= 15 is 0 Å². The third-order valence-corrected chi connectivity index (χ3v) is 5.72. The first-order chi connectivity index (χ1) is 15.4. The summed E-state index contributed by atoms with van der Waals surface area (Å²) in [4.78, 5) is 39.8. The van der Waals surface area contributed by atoms with Crippen molar-refractivity contribution in [2.45, 2.75) is 25.4 Å². The Labute approximate surface area is 184 Å². The van der Waals surface area contributed by atoms with Gasteiger partial charge in [-0.2, -0.15) is 10.5 Å². The minimum atomic E-state index is -1.33. The Balaban J connectivity index is 1.61. The molecule has 0 aliphatic carbocycles. The van der Waals surface area contributed by atoms with Crippen LogP contribution in [0.2, 0.25) is 0 Å². The smallest absolute Gasteiger partial charge is 0.325 e. The fourth-order valence-corrected chi connectivity index (χ4v) is 3.97. The number of nitrogens with zero attached hydrogens (tertiary/aromatic N) is 4. The van der Waals surface area contributed by atoms with E-state index in [4.69, 9.17) is 10.5 Å². The number of nitriles is 2. The van der Waals surface area contributed by atoms with Gasteiger partial charge in [0.25, 0.3) is 5.91 Å². The lowest BCUT2D eigenvalue weighted by atomic mass is 9.91. The molecule has 2 aromatic carbocycles. The Kier molecular flexibility index (Phi) is 5.21. The minimum absolute atomic E-state index is 0.294. The lowest BCUT2D eigenvalue weighted by molar-refractivity contribution is -0.130. The summed E-state index contributed by atoms with van der Waals surface area (Å²) in [6, 6.07) is 17.2. The van der Waals surface area contributed by atoms with Crippen molar-refractivity contribution in [3.05, 3.63) is 71.4 Å². The maximum Gasteiger partial charge on any atom is 0.325 e. The molecule has 0 bridgehead atoms. The van der Waals surface area contributed by atoms with Gasteiger partial charge in [-0.1, -0.05) is 30.3 Å². The van der Waals surface area contributed by atoms with Crippen molar-refractivity contribution in [2.24, 2.45) is 0 Å². The molecule has 0 radical (unpaired) electrons. The molecule has 1 aliphatic heterocycles. The molecule has 1 N–H and O–H groups in total. The Bertz CT molecular complexity index is 1330. The molecule has 1 aliphatic rings. The van der Waals surface area contributed by atoms with Crippen LogP contribution in [0.5, 0.6) is 0 Å². The predicted molar refractivity (Wildman–Crippen MR) is 115 cm³/mol. The molecular weight excluding hydrogens is 406 g/mol. The number of hydrogen-bond acceptors (Lipinski definition) is 5. The van der Waals surface area contributed by atoms with Crippen molar-refractivity contribution in [1.82, 2.24) is 14.8 Å². The molecule has 0 saturated carbocycles. The van der Waals surface area contributed by atoms with Crippen molar-refractivity contribution in [3.63, 3.8) is 0 Å². The molecular formula is C24H19N5O3. The zero-order valence-corrected chi connectivity index (χ0v) is 17.3. The van der Waals surface area contributed by atoms with Crippen LogP contribution < -0.4 is 5.32 Å². The van der Waals surface area contributed by atoms with Gasteiger partial charge in [0.2, 0.25) is 0 Å². The van der Waals surface area contributed by atoms with Crippen LogP contribution in [0.25, 0.3) is 10.9 Å². The van der Waals surface area contributed by atoms with E-state index in [9.17, 15) is 14.4 Å². The van der Waals surface area contributed by atoms with Gasteiger partial charge in [0.1, 0.15) is 5.54 Å². The van der Waals surface area contributed by atoms with Gasteiger partial charge < -0.3 is 9.88 Å². The van der Waals surface area contributed by atoms with E-state index in [0.717, 1.165) is 10.4 Å². The molecule has 32 heavy (non-hydrogen) atoms. The first-order valence-electron chi connectivity index (χ1n) is 10.0. The van der Waals surface area contributed by atoms with Crippen LogP contribution >= 0.6 is 0 Å². The number of para-hydroxylation sites is 1. The maximum atomic E-state index is 13.2. The quantitative estimate of drug-likeness (QED) is 0.481. The maximum absolute atomic E-state index is 13.2. The van der Waals surface area contributed by atoms with Gasteiger partial charge in [-0.05, 0) is 30.7 Å². The summed E-state index contributed by atoms with van der Waals surface area (Å²) >= 11 is 0. The Morgan fingerprint density at radius 3 is 2.50 bits per heavy atom. The molecule has 2 heterocycles. The van der Waals surface area contributed by atoms with Crippen molar-refractivity contribution < 1.29 is 14.4 Å². The summed E-state index contributed by atoms with van der Waals surface area (Å²) in [5, 5.41) is 21.3. The van der Waals surface area contributed by atoms with Crippen molar-refractivity contribution >= 4 is 28.6 Å². The molecule has 1 unspecified atom stereocenters. The summed E-state index contributed by atoms with van der Waals surface area (Å²) in [7, 11) is 0. The molecule has 1 saturated heterocycles. The van der Waals surface area contributed by atoms with Gasteiger partial charge in [-0.15, -0.1) is 0 Å². The van der Waals surface area contributed by atoms with Gasteiger partial charge in [0.05, 0.1) is 30.7 Å². The summed E-state index contributed by atoms with van der Waals surface area (Å²) in [6.07, 6.45) is 1.96. The standard InChI is InChI=1S/C24H19N5O3/c1-24(17-9-7-16(13-26)8-10-17)22(31)29(23(32)27-24)15-21(30)19-14-28(12-4-11-25)20-6-3-2-5-18(19)20/h2-3,5-10,14H,4,12,15H2,1H3,(H,27,32). The second kappa shape index (κ2) is 8.01. The Morgan fingerprint density at radius 1 is 1.09 bits per heavy atom. The second-order valence-corrected chi connectivity index (χ2v) is 7.72. The van der Waals surface area contributed by atoms with E-state index in [0.29, 0.717) is 35.0 Å². The number of amides is 3. The van der Waals surface area contributed by atoms with Gasteiger partial charge in [-0.25, -0.2) is 4.79 Å². The van der Waals surface area contributed by atoms with E-state index < -0.39 is 24.0 Å². The lowest BCUT2D eigenvalue weighted by Gasteiger charge is -2.22. The fourth-order valence-electron chi connectivity index (χ4n) is 3.97. The Hall–Kier alpha value is -4.43. The highest BCUT2D eigenvalue weighted by atomic mass is 16.2.